The summed E-state index contributed by atoms with van der Waals surface area (Å²) in [5.41, 5.74) is 6.66. The number of carbonyl (C=O) groups is 1. The molecule has 0 fully saturated rings. The van der Waals surface area contributed by atoms with Gasteiger partial charge in [0.25, 0.3) is 0 Å². The van der Waals surface area contributed by atoms with Gasteiger partial charge in [-0.25, -0.2) is 0 Å². The number of anilines is 1. The monoisotopic (exact) mass is 271 g/mol. The van der Waals surface area contributed by atoms with Crippen LogP contribution in [0.1, 0.15) is 17.3 Å². The Hall–Kier alpha value is -2.49. The van der Waals surface area contributed by atoms with Gasteiger partial charge in [-0.2, -0.15) is 0 Å². The summed E-state index contributed by atoms with van der Waals surface area (Å²) in [6.07, 6.45) is 0. The fraction of sp³-hybridized carbons (Fsp3) is 0.188. The van der Waals surface area contributed by atoms with E-state index in [0.717, 1.165) is 5.75 Å². The summed E-state index contributed by atoms with van der Waals surface area (Å²) < 4.78 is 11.1. The summed E-state index contributed by atoms with van der Waals surface area (Å²) in [4.78, 5) is 11.4. The maximum absolute atomic E-state index is 11.4. The van der Waals surface area contributed by atoms with E-state index in [4.69, 9.17) is 15.2 Å². The lowest BCUT2D eigenvalue weighted by Gasteiger charge is -2.10. The second kappa shape index (κ2) is 6.61. The van der Waals surface area contributed by atoms with E-state index in [0.29, 0.717) is 30.2 Å². The molecule has 0 saturated heterocycles. The summed E-state index contributed by atoms with van der Waals surface area (Å²) in [7, 11) is 0. The van der Waals surface area contributed by atoms with Crippen LogP contribution in [0.5, 0.6) is 11.5 Å². The van der Waals surface area contributed by atoms with Crippen molar-refractivity contribution in [1.29, 1.82) is 0 Å². The first-order valence-electron chi connectivity index (χ1n) is 6.38. The van der Waals surface area contributed by atoms with Crippen LogP contribution in [-0.2, 0) is 0 Å². The molecule has 0 spiro atoms. The van der Waals surface area contributed by atoms with Crippen molar-refractivity contribution in [2.75, 3.05) is 18.9 Å². The number of para-hydroxylation sites is 1. The van der Waals surface area contributed by atoms with Gasteiger partial charge in [-0.05, 0) is 37.3 Å². The summed E-state index contributed by atoms with van der Waals surface area (Å²) in [6, 6.07) is 14.6. The van der Waals surface area contributed by atoms with Crippen molar-refractivity contribution >= 4 is 11.5 Å². The molecule has 0 aliphatic carbocycles. The summed E-state index contributed by atoms with van der Waals surface area (Å²) in [5.74, 6) is 1.34. The number of carbonyl (C=O) groups excluding carboxylic acids is 1. The molecule has 0 atom stereocenters. The van der Waals surface area contributed by atoms with Crippen LogP contribution in [0.15, 0.2) is 48.5 Å². The lowest BCUT2D eigenvalue weighted by Crippen LogP contribution is -2.09. The van der Waals surface area contributed by atoms with E-state index < -0.39 is 0 Å². The number of hydrogen-bond acceptors (Lipinski definition) is 4. The summed E-state index contributed by atoms with van der Waals surface area (Å²) in [6.45, 7) is 2.31. The van der Waals surface area contributed by atoms with Crippen LogP contribution in [0.3, 0.4) is 0 Å². The van der Waals surface area contributed by atoms with Gasteiger partial charge < -0.3 is 15.2 Å². The fourth-order valence-corrected chi connectivity index (χ4v) is 1.77. The van der Waals surface area contributed by atoms with Gasteiger partial charge in [0.15, 0.2) is 5.78 Å². The third kappa shape index (κ3) is 3.75. The number of nitrogen functional groups attached to an aromatic ring is 1. The number of ether oxygens (including phenoxy) is 2. The van der Waals surface area contributed by atoms with Gasteiger partial charge in [0.05, 0.1) is 0 Å². The topological polar surface area (TPSA) is 61.5 Å². The molecule has 0 amide bonds. The number of benzene rings is 2. The molecule has 0 heterocycles. The number of rotatable bonds is 6. The predicted octanol–water partition coefficient (Wildman–Crippen LogP) is 2.93. The molecule has 0 aliphatic rings. The van der Waals surface area contributed by atoms with Crippen molar-refractivity contribution in [1.82, 2.24) is 0 Å². The number of nitrogens with two attached hydrogens (primary N) is 1. The van der Waals surface area contributed by atoms with E-state index >= 15 is 0 Å². The molecule has 0 bridgehead atoms. The highest BCUT2D eigenvalue weighted by Crippen LogP contribution is 2.20. The molecular weight excluding hydrogens is 254 g/mol. The van der Waals surface area contributed by atoms with Crippen LogP contribution in [-0.4, -0.2) is 19.0 Å². The second-order valence-corrected chi connectivity index (χ2v) is 4.32. The Morgan fingerprint density at radius 1 is 1.00 bits per heavy atom. The van der Waals surface area contributed by atoms with E-state index in [1.54, 1.807) is 18.2 Å². The molecule has 2 aromatic carbocycles. The Balaban J connectivity index is 1.85. The summed E-state index contributed by atoms with van der Waals surface area (Å²) >= 11 is 0. The molecule has 0 unspecified atom stereocenters. The first-order valence-corrected chi connectivity index (χ1v) is 6.38. The standard InChI is InChI=1S/C16H17NO3/c1-12(18)15-11-14(7-8-16(15)17)20-10-9-19-13-5-3-2-4-6-13/h2-8,11H,9-10,17H2,1H3. The maximum Gasteiger partial charge on any atom is 0.162 e. The van der Waals surface area contributed by atoms with Crippen LogP contribution < -0.4 is 15.2 Å². The lowest BCUT2D eigenvalue weighted by molar-refractivity contribution is 0.101. The van der Waals surface area contributed by atoms with E-state index in [1.807, 2.05) is 30.3 Å². The average Bonchev–Trinajstić information content (AvgIpc) is 2.46. The minimum atomic E-state index is -0.0755. The third-order valence-electron chi connectivity index (χ3n) is 2.77. The van der Waals surface area contributed by atoms with Crippen LogP contribution >= 0.6 is 0 Å². The molecular formula is C16H17NO3. The minimum Gasteiger partial charge on any atom is -0.490 e. The lowest BCUT2D eigenvalue weighted by atomic mass is 10.1. The number of Topliss-reactive ketones (excluding diaryl/α,β-unsaturated/α-hetero) is 1. The molecule has 4 heteroatoms. The van der Waals surface area contributed by atoms with Crippen LogP contribution in [0.2, 0.25) is 0 Å². The molecule has 2 rings (SSSR count). The zero-order valence-corrected chi connectivity index (χ0v) is 11.3. The number of hydrogen-bond donors (Lipinski definition) is 1. The smallest absolute Gasteiger partial charge is 0.162 e. The van der Waals surface area contributed by atoms with Crippen molar-refractivity contribution in [3.8, 4) is 11.5 Å². The SMILES string of the molecule is CC(=O)c1cc(OCCOc2ccccc2)ccc1N. The van der Waals surface area contributed by atoms with Crippen LogP contribution in [0.25, 0.3) is 0 Å². The van der Waals surface area contributed by atoms with Gasteiger partial charge in [0.2, 0.25) is 0 Å². The van der Waals surface area contributed by atoms with Gasteiger partial charge in [0, 0.05) is 11.3 Å². The van der Waals surface area contributed by atoms with Crippen molar-refractivity contribution < 1.29 is 14.3 Å². The molecule has 2 aromatic rings. The predicted molar refractivity (Wildman–Crippen MR) is 78.3 cm³/mol. The Morgan fingerprint density at radius 2 is 1.65 bits per heavy atom. The van der Waals surface area contributed by atoms with Gasteiger partial charge in [-0.3, -0.25) is 4.79 Å². The molecule has 2 N–H and O–H groups in total. The molecule has 104 valence electrons. The molecule has 0 saturated carbocycles. The zero-order chi connectivity index (χ0) is 14.4. The molecule has 4 nitrogen and oxygen atoms in total. The van der Waals surface area contributed by atoms with E-state index in [2.05, 4.69) is 0 Å². The Labute approximate surface area is 118 Å². The second-order valence-electron chi connectivity index (χ2n) is 4.32. The van der Waals surface area contributed by atoms with Crippen LogP contribution in [0, 0.1) is 0 Å². The van der Waals surface area contributed by atoms with Crippen molar-refractivity contribution in [2.24, 2.45) is 0 Å². The maximum atomic E-state index is 11.4. The summed E-state index contributed by atoms with van der Waals surface area (Å²) in [5, 5.41) is 0. The van der Waals surface area contributed by atoms with Gasteiger partial charge in [-0.15, -0.1) is 0 Å². The van der Waals surface area contributed by atoms with Crippen molar-refractivity contribution in [3.05, 3.63) is 54.1 Å². The average molecular weight is 271 g/mol. The normalized spacial score (nSPS) is 10.1. The zero-order valence-electron chi connectivity index (χ0n) is 11.3. The first kappa shape index (κ1) is 13.9. The van der Waals surface area contributed by atoms with Gasteiger partial charge in [-0.1, -0.05) is 18.2 Å². The van der Waals surface area contributed by atoms with E-state index in [9.17, 15) is 4.79 Å². The highest BCUT2D eigenvalue weighted by molar-refractivity contribution is 5.99. The van der Waals surface area contributed by atoms with Gasteiger partial charge in [0.1, 0.15) is 24.7 Å². The van der Waals surface area contributed by atoms with Crippen molar-refractivity contribution in [3.63, 3.8) is 0 Å². The molecule has 0 radical (unpaired) electrons. The van der Waals surface area contributed by atoms with Gasteiger partial charge >= 0.3 is 0 Å². The Morgan fingerprint density at radius 3 is 2.30 bits per heavy atom. The quantitative estimate of drug-likeness (QED) is 0.498. The van der Waals surface area contributed by atoms with Crippen LogP contribution in [0.4, 0.5) is 5.69 Å². The van der Waals surface area contributed by atoms with E-state index in [1.165, 1.54) is 6.92 Å². The molecule has 0 aliphatic heterocycles. The number of ketones is 1. The van der Waals surface area contributed by atoms with Crippen molar-refractivity contribution in [2.45, 2.75) is 6.92 Å². The third-order valence-corrected chi connectivity index (χ3v) is 2.77. The fourth-order valence-electron chi connectivity index (χ4n) is 1.77. The largest absolute Gasteiger partial charge is 0.490 e. The minimum absolute atomic E-state index is 0.0755. The highest BCUT2D eigenvalue weighted by atomic mass is 16.5. The Kier molecular flexibility index (Phi) is 4.60. The van der Waals surface area contributed by atoms with E-state index in [-0.39, 0.29) is 5.78 Å². The highest BCUT2D eigenvalue weighted by Gasteiger charge is 2.06. The first-order chi connectivity index (χ1) is 9.66. The molecule has 0 aromatic heterocycles. The molecule has 20 heavy (non-hydrogen) atoms. The Bertz CT molecular complexity index is 582.